The highest BCUT2D eigenvalue weighted by atomic mass is 32.2. The van der Waals surface area contributed by atoms with Gasteiger partial charge in [-0.2, -0.15) is 0 Å². The van der Waals surface area contributed by atoms with Gasteiger partial charge in [0.2, 0.25) is 11.0 Å². The smallest absolute Gasteiger partial charge is 0.264 e. The van der Waals surface area contributed by atoms with E-state index in [1.54, 1.807) is 48.2 Å². The summed E-state index contributed by atoms with van der Waals surface area (Å²) in [6.07, 6.45) is 0. The first-order chi connectivity index (χ1) is 15.2. The average molecular weight is 491 g/mol. The van der Waals surface area contributed by atoms with Gasteiger partial charge in [-0.05, 0) is 43.5 Å². The third kappa shape index (κ3) is 6.08. The summed E-state index contributed by atoms with van der Waals surface area (Å²) in [6, 6.07) is 13.7. The number of thioether (sulfide) groups is 1. The molecule has 0 aliphatic carbocycles. The number of rotatable bonds is 9. The van der Waals surface area contributed by atoms with Crippen molar-refractivity contribution in [2.45, 2.75) is 36.9 Å². The Morgan fingerprint density at radius 2 is 1.78 bits per heavy atom. The van der Waals surface area contributed by atoms with Gasteiger partial charge >= 0.3 is 0 Å². The molecule has 10 heteroatoms. The molecular weight excluding hydrogens is 464 g/mol. The standard InChI is InChI=1S/C22H26N4O3S3/c1-15(2)14-30-22-25-24-21(31-22)23-20(27)13-26(19-8-6-5-7-17(19)4)32(28,29)18-11-9-16(3)10-12-18/h5-12,15H,13-14H2,1-4H3,(H,23,24,27). The van der Waals surface area contributed by atoms with Crippen LogP contribution in [0.2, 0.25) is 0 Å². The van der Waals surface area contributed by atoms with Gasteiger partial charge in [0.15, 0.2) is 4.34 Å². The summed E-state index contributed by atoms with van der Waals surface area (Å²) in [6.45, 7) is 7.55. The van der Waals surface area contributed by atoms with Crippen LogP contribution in [0.15, 0.2) is 57.8 Å². The van der Waals surface area contributed by atoms with Crippen molar-refractivity contribution in [3.63, 3.8) is 0 Å². The Hall–Kier alpha value is -2.43. The van der Waals surface area contributed by atoms with Crippen LogP contribution in [0.25, 0.3) is 0 Å². The van der Waals surface area contributed by atoms with Gasteiger partial charge in [-0.3, -0.25) is 14.4 Å². The van der Waals surface area contributed by atoms with Crippen LogP contribution in [0, 0.1) is 19.8 Å². The third-order valence-corrected chi connectivity index (χ3v) is 8.65. The Labute approximate surface area is 197 Å². The molecule has 0 saturated carbocycles. The summed E-state index contributed by atoms with van der Waals surface area (Å²) in [5.74, 6) is 0.926. The predicted octanol–water partition coefficient (Wildman–Crippen LogP) is 4.74. The molecule has 2 aromatic carbocycles. The monoisotopic (exact) mass is 490 g/mol. The predicted molar refractivity (Wildman–Crippen MR) is 131 cm³/mol. The van der Waals surface area contributed by atoms with E-state index in [0.717, 1.165) is 25.5 Å². The summed E-state index contributed by atoms with van der Waals surface area (Å²) in [5.41, 5.74) is 2.15. The van der Waals surface area contributed by atoms with Crippen molar-refractivity contribution in [3.05, 3.63) is 59.7 Å². The lowest BCUT2D eigenvalue weighted by molar-refractivity contribution is -0.114. The lowest BCUT2D eigenvalue weighted by atomic mass is 10.2. The van der Waals surface area contributed by atoms with Crippen molar-refractivity contribution < 1.29 is 13.2 Å². The average Bonchev–Trinajstić information content (AvgIpc) is 3.18. The van der Waals surface area contributed by atoms with Crippen LogP contribution in [-0.4, -0.2) is 36.8 Å². The van der Waals surface area contributed by atoms with E-state index in [2.05, 4.69) is 29.4 Å². The second-order valence-corrected chi connectivity index (χ2v) is 11.8. The van der Waals surface area contributed by atoms with Crippen LogP contribution in [0.5, 0.6) is 0 Å². The zero-order chi connectivity index (χ0) is 23.3. The first kappa shape index (κ1) is 24.2. The normalized spacial score (nSPS) is 11.5. The van der Waals surface area contributed by atoms with E-state index in [0.29, 0.717) is 16.7 Å². The Balaban J connectivity index is 1.84. The van der Waals surface area contributed by atoms with Gasteiger partial charge in [0.1, 0.15) is 6.54 Å². The molecule has 0 bridgehead atoms. The molecule has 1 aromatic heterocycles. The SMILES string of the molecule is Cc1ccc(S(=O)(=O)N(CC(=O)Nc2nnc(SCC(C)C)s2)c2ccccc2C)cc1. The molecule has 0 fully saturated rings. The number of hydrogen-bond acceptors (Lipinski definition) is 7. The molecule has 0 radical (unpaired) electrons. The highest BCUT2D eigenvalue weighted by molar-refractivity contribution is 8.01. The first-order valence-electron chi connectivity index (χ1n) is 10.1. The van der Waals surface area contributed by atoms with E-state index < -0.39 is 15.9 Å². The molecule has 3 rings (SSSR count). The fraction of sp³-hybridized carbons (Fsp3) is 0.318. The molecular formula is C22H26N4O3S3. The zero-order valence-electron chi connectivity index (χ0n) is 18.4. The first-order valence-corrected chi connectivity index (χ1v) is 13.3. The molecule has 1 N–H and O–H groups in total. The quantitative estimate of drug-likeness (QED) is 0.344. The van der Waals surface area contributed by atoms with Crippen LogP contribution in [0.4, 0.5) is 10.8 Å². The molecule has 0 atom stereocenters. The van der Waals surface area contributed by atoms with Crippen molar-refractivity contribution in [2.24, 2.45) is 5.92 Å². The van der Waals surface area contributed by atoms with E-state index in [1.165, 1.54) is 11.3 Å². The van der Waals surface area contributed by atoms with E-state index in [4.69, 9.17) is 0 Å². The Morgan fingerprint density at radius 3 is 2.44 bits per heavy atom. The molecule has 7 nitrogen and oxygen atoms in total. The molecule has 0 spiro atoms. The lowest BCUT2D eigenvalue weighted by Crippen LogP contribution is -2.38. The van der Waals surface area contributed by atoms with E-state index in [1.807, 2.05) is 26.0 Å². The molecule has 1 amide bonds. The zero-order valence-corrected chi connectivity index (χ0v) is 20.9. The topological polar surface area (TPSA) is 92.3 Å². The number of hydrogen-bond donors (Lipinski definition) is 1. The minimum absolute atomic E-state index is 0.127. The minimum atomic E-state index is -3.96. The van der Waals surface area contributed by atoms with Crippen LogP contribution < -0.4 is 9.62 Å². The number of anilines is 2. The highest BCUT2D eigenvalue weighted by Gasteiger charge is 2.28. The van der Waals surface area contributed by atoms with Crippen molar-refractivity contribution in [3.8, 4) is 0 Å². The number of amides is 1. The van der Waals surface area contributed by atoms with Crippen molar-refractivity contribution >= 4 is 49.8 Å². The summed E-state index contributed by atoms with van der Waals surface area (Å²) in [5, 5.41) is 11.1. The molecule has 0 unspecified atom stereocenters. The summed E-state index contributed by atoms with van der Waals surface area (Å²) in [7, 11) is -3.96. The lowest BCUT2D eigenvalue weighted by Gasteiger charge is -2.25. The summed E-state index contributed by atoms with van der Waals surface area (Å²) in [4.78, 5) is 13.0. The molecule has 0 aliphatic rings. The van der Waals surface area contributed by atoms with Gasteiger partial charge in [0.25, 0.3) is 10.0 Å². The maximum atomic E-state index is 13.5. The fourth-order valence-corrected chi connectivity index (χ4v) is 6.06. The maximum absolute atomic E-state index is 13.5. The number of para-hydroxylation sites is 1. The number of carbonyl (C=O) groups excluding carboxylic acids is 1. The van der Waals surface area contributed by atoms with Gasteiger partial charge in [0, 0.05) is 5.75 Å². The van der Waals surface area contributed by atoms with Crippen LogP contribution in [0.3, 0.4) is 0 Å². The molecule has 1 heterocycles. The third-order valence-electron chi connectivity index (χ3n) is 4.47. The van der Waals surface area contributed by atoms with Crippen molar-refractivity contribution in [1.29, 1.82) is 0 Å². The number of aryl methyl sites for hydroxylation is 2. The fourth-order valence-electron chi connectivity index (χ4n) is 2.83. The maximum Gasteiger partial charge on any atom is 0.264 e. The van der Waals surface area contributed by atoms with Crippen LogP contribution >= 0.6 is 23.1 Å². The number of aromatic nitrogens is 2. The van der Waals surface area contributed by atoms with Crippen LogP contribution in [-0.2, 0) is 14.8 Å². The van der Waals surface area contributed by atoms with Gasteiger partial charge < -0.3 is 0 Å². The second-order valence-electron chi connectivity index (χ2n) is 7.74. The number of carbonyl (C=O) groups is 1. The highest BCUT2D eigenvalue weighted by Crippen LogP contribution is 2.29. The minimum Gasteiger partial charge on any atom is -0.299 e. The van der Waals surface area contributed by atoms with Crippen molar-refractivity contribution in [2.75, 3.05) is 21.9 Å². The molecule has 0 aliphatic heterocycles. The molecule has 3 aromatic rings. The van der Waals surface area contributed by atoms with E-state index in [9.17, 15) is 13.2 Å². The number of nitrogens with zero attached hydrogens (tertiary/aromatic N) is 3. The molecule has 0 saturated heterocycles. The number of nitrogens with one attached hydrogen (secondary N) is 1. The van der Waals surface area contributed by atoms with Crippen molar-refractivity contribution in [1.82, 2.24) is 10.2 Å². The van der Waals surface area contributed by atoms with Gasteiger partial charge in [-0.15, -0.1) is 10.2 Å². The molecule has 32 heavy (non-hydrogen) atoms. The Morgan fingerprint density at radius 1 is 1.09 bits per heavy atom. The van der Waals surface area contributed by atoms with Gasteiger partial charge in [-0.1, -0.05) is 72.8 Å². The Kier molecular flexibility index (Phi) is 7.91. The van der Waals surface area contributed by atoms with Gasteiger partial charge in [-0.25, -0.2) is 8.42 Å². The number of benzene rings is 2. The van der Waals surface area contributed by atoms with E-state index >= 15 is 0 Å². The summed E-state index contributed by atoms with van der Waals surface area (Å²) >= 11 is 2.85. The largest absolute Gasteiger partial charge is 0.299 e. The Bertz CT molecular complexity index is 1180. The molecule has 170 valence electrons. The second kappa shape index (κ2) is 10.5. The summed E-state index contributed by atoms with van der Waals surface area (Å²) < 4.78 is 28.8. The number of sulfonamides is 1. The van der Waals surface area contributed by atoms with Gasteiger partial charge in [0.05, 0.1) is 10.6 Å². The van der Waals surface area contributed by atoms with E-state index in [-0.39, 0.29) is 11.4 Å². The van der Waals surface area contributed by atoms with Crippen LogP contribution in [0.1, 0.15) is 25.0 Å².